The fourth-order valence-corrected chi connectivity index (χ4v) is 2.33. The van der Waals surface area contributed by atoms with Gasteiger partial charge in [-0.25, -0.2) is 0 Å². The van der Waals surface area contributed by atoms with Crippen LogP contribution < -0.4 is 5.73 Å². The molecule has 0 fully saturated rings. The van der Waals surface area contributed by atoms with Crippen molar-refractivity contribution in [2.75, 3.05) is 0 Å². The van der Waals surface area contributed by atoms with Gasteiger partial charge in [0.2, 0.25) is 0 Å². The Morgan fingerprint density at radius 1 is 1.05 bits per heavy atom. The van der Waals surface area contributed by atoms with Crippen molar-refractivity contribution in [2.45, 2.75) is 25.3 Å². The van der Waals surface area contributed by atoms with Crippen LogP contribution in [0.3, 0.4) is 0 Å². The molecule has 0 spiro atoms. The number of nitrogens with two attached hydrogens (primary N) is 1. The number of phenols is 1. The van der Waals surface area contributed by atoms with E-state index >= 15 is 0 Å². The number of benzene rings is 2. The normalized spacial score (nSPS) is 14.1. The van der Waals surface area contributed by atoms with Gasteiger partial charge in [0, 0.05) is 17.0 Å². The predicted molar refractivity (Wildman–Crippen MR) is 79.7 cm³/mol. The summed E-state index contributed by atoms with van der Waals surface area (Å²) in [7, 11) is 0. The molecule has 0 amide bonds. The van der Waals surface area contributed by atoms with E-state index in [9.17, 15) is 5.11 Å². The van der Waals surface area contributed by atoms with Crippen LogP contribution in [0.1, 0.15) is 24.0 Å². The van der Waals surface area contributed by atoms with Gasteiger partial charge in [-0.05, 0) is 48.7 Å². The summed E-state index contributed by atoms with van der Waals surface area (Å²) < 4.78 is 0. The molecule has 2 aromatic rings. The van der Waals surface area contributed by atoms with Crippen molar-refractivity contribution in [3.63, 3.8) is 0 Å². The maximum Gasteiger partial charge on any atom is 0.115 e. The zero-order valence-corrected chi connectivity index (χ0v) is 11.6. The first-order valence-electron chi connectivity index (χ1n) is 6.35. The lowest BCUT2D eigenvalue weighted by molar-refractivity contribution is 0.474. The van der Waals surface area contributed by atoms with E-state index in [1.54, 1.807) is 12.1 Å². The highest BCUT2D eigenvalue weighted by atomic mass is 35.5. The zero-order chi connectivity index (χ0) is 13.8. The van der Waals surface area contributed by atoms with Crippen molar-refractivity contribution in [2.24, 2.45) is 5.73 Å². The number of hydrogen-bond acceptors (Lipinski definition) is 2. The summed E-state index contributed by atoms with van der Waals surface area (Å²) in [6.45, 7) is 2.01. The Morgan fingerprint density at radius 3 is 2.16 bits per heavy atom. The summed E-state index contributed by atoms with van der Waals surface area (Å²) in [6.07, 6.45) is 0.861. The third-order valence-corrected chi connectivity index (χ3v) is 3.58. The van der Waals surface area contributed by atoms with Crippen molar-refractivity contribution in [3.05, 3.63) is 64.7 Å². The van der Waals surface area contributed by atoms with Crippen molar-refractivity contribution in [1.82, 2.24) is 0 Å². The van der Waals surface area contributed by atoms with Gasteiger partial charge < -0.3 is 10.8 Å². The molecule has 0 aromatic heterocycles. The highest BCUT2D eigenvalue weighted by molar-refractivity contribution is 6.30. The van der Waals surface area contributed by atoms with Crippen molar-refractivity contribution >= 4 is 11.6 Å². The first-order chi connectivity index (χ1) is 9.06. The second-order valence-electron chi connectivity index (χ2n) is 4.89. The molecule has 0 aliphatic carbocycles. The van der Waals surface area contributed by atoms with Crippen LogP contribution >= 0.6 is 11.6 Å². The Labute approximate surface area is 118 Å². The minimum Gasteiger partial charge on any atom is -0.508 e. The number of halogens is 1. The molecule has 2 nitrogen and oxygen atoms in total. The Bertz CT molecular complexity index is 519. The first kappa shape index (κ1) is 13.9. The van der Waals surface area contributed by atoms with E-state index in [-0.39, 0.29) is 17.7 Å². The number of phenolic OH excluding ortho intramolecular Hbond substituents is 1. The second-order valence-corrected chi connectivity index (χ2v) is 5.32. The molecule has 2 rings (SSSR count). The molecule has 0 heterocycles. The van der Waals surface area contributed by atoms with Crippen LogP contribution in [0.15, 0.2) is 48.5 Å². The van der Waals surface area contributed by atoms with Crippen LogP contribution in [0.5, 0.6) is 5.75 Å². The Balaban J connectivity index is 2.21. The number of rotatable bonds is 4. The van der Waals surface area contributed by atoms with E-state index in [0.29, 0.717) is 0 Å². The summed E-state index contributed by atoms with van der Waals surface area (Å²) in [6, 6.07) is 15.1. The first-order valence-corrected chi connectivity index (χ1v) is 6.73. The number of aromatic hydroxyl groups is 1. The van der Waals surface area contributed by atoms with E-state index in [1.807, 2.05) is 43.3 Å². The predicted octanol–water partition coefficient (Wildman–Crippen LogP) is 3.72. The van der Waals surface area contributed by atoms with Gasteiger partial charge in [0.15, 0.2) is 0 Å². The highest BCUT2D eigenvalue weighted by Gasteiger charge is 2.16. The summed E-state index contributed by atoms with van der Waals surface area (Å²) in [5, 5.41) is 10.1. The molecular weight excluding hydrogens is 258 g/mol. The molecular formula is C16H18ClNO. The average molecular weight is 276 g/mol. The molecule has 2 aromatic carbocycles. The summed E-state index contributed by atoms with van der Waals surface area (Å²) >= 11 is 5.89. The van der Waals surface area contributed by atoms with Gasteiger partial charge in [-0.3, -0.25) is 0 Å². The average Bonchev–Trinajstić information content (AvgIpc) is 2.39. The highest BCUT2D eigenvalue weighted by Crippen LogP contribution is 2.25. The molecule has 0 aliphatic rings. The lowest BCUT2D eigenvalue weighted by atomic mass is 9.87. The van der Waals surface area contributed by atoms with Gasteiger partial charge in [-0.1, -0.05) is 35.9 Å². The molecule has 2 atom stereocenters. The fraction of sp³-hybridized carbons (Fsp3) is 0.250. The van der Waals surface area contributed by atoms with Gasteiger partial charge >= 0.3 is 0 Å². The van der Waals surface area contributed by atoms with Crippen LogP contribution in [-0.4, -0.2) is 11.1 Å². The van der Waals surface area contributed by atoms with E-state index < -0.39 is 0 Å². The molecule has 0 radical (unpaired) electrons. The monoisotopic (exact) mass is 275 g/mol. The van der Waals surface area contributed by atoms with Gasteiger partial charge in [-0.15, -0.1) is 0 Å². The third kappa shape index (κ3) is 3.72. The third-order valence-electron chi connectivity index (χ3n) is 3.32. The van der Waals surface area contributed by atoms with Gasteiger partial charge in [0.1, 0.15) is 5.75 Å². The van der Waals surface area contributed by atoms with Crippen LogP contribution in [0.25, 0.3) is 0 Å². The fourth-order valence-electron chi connectivity index (χ4n) is 2.20. The Hall–Kier alpha value is -1.51. The van der Waals surface area contributed by atoms with E-state index in [2.05, 4.69) is 0 Å². The molecule has 0 bridgehead atoms. The van der Waals surface area contributed by atoms with Crippen molar-refractivity contribution in [1.29, 1.82) is 0 Å². The van der Waals surface area contributed by atoms with Gasteiger partial charge in [-0.2, -0.15) is 0 Å². The molecule has 100 valence electrons. The van der Waals surface area contributed by atoms with E-state index in [1.165, 1.54) is 5.56 Å². The summed E-state index contributed by atoms with van der Waals surface area (Å²) in [5.41, 5.74) is 8.45. The standard InChI is InChI=1S/C16H18ClNO/c1-11(18)16(13-4-8-15(19)9-5-13)10-12-2-6-14(17)7-3-12/h2-9,11,16,19H,10,18H2,1H3. The molecule has 0 saturated heterocycles. The topological polar surface area (TPSA) is 46.2 Å². The van der Waals surface area contributed by atoms with Crippen molar-refractivity contribution in [3.8, 4) is 5.75 Å². The molecule has 0 aliphatic heterocycles. The lowest BCUT2D eigenvalue weighted by Gasteiger charge is -2.21. The Morgan fingerprint density at radius 2 is 1.63 bits per heavy atom. The van der Waals surface area contributed by atoms with Gasteiger partial charge in [0.25, 0.3) is 0 Å². The minimum absolute atomic E-state index is 0.0419. The van der Waals surface area contributed by atoms with Crippen LogP contribution in [-0.2, 0) is 6.42 Å². The van der Waals surface area contributed by atoms with Crippen LogP contribution in [0.2, 0.25) is 5.02 Å². The molecule has 19 heavy (non-hydrogen) atoms. The minimum atomic E-state index is 0.0419. The quantitative estimate of drug-likeness (QED) is 0.893. The molecule has 3 heteroatoms. The molecule has 0 saturated carbocycles. The summed E-state index contributed by atoms with van der Waals surface area (Å²) in [4.78, 5) is 0. The van der Waals surface area contributed by atoms with Crippen molar-refractivity contribution < 1.29 is 5.11 Å². The smallest absolute Gasteiger partial charge is 0.115 e. The number of hydrogen-bond donors (Lipinski definition) is 2. The van der Waals surface area contributed by atoms with Crippen LogP contribution in [0.4, 0.5) is 0 Å². The second kappa shape index (κ2) is 6.09. The van der Waals surface area contributed by atoms with Crippen LogP contribution in [0, 0.1) is 0 Å². The molecule has 3 N–H and O–H groups in total. The largest absolute Gasteiger partial charge is 0.508 e. The maximum atomic E-state index is 9.35. The molecule has 2 unspecified atom stereocenters. The maximum absolute atomic E-state index is 9.35. The lowest BCUT2D eigenvalue weighted by Crippen LogP contribution is -2.26. The van der Waals surface area contributed by atoms with E-state index in [4.69, 9.17) is 17.3 Å². The Kier molecular flexibility index (Phi) is 4.46. The van der Waals surface area contributed by atoms with Gasteiger partial charge in [0.05, 0.1) is 0 Å². The summed E-state index contributed by atoms with van der Waals surface area (Å²) in [5.74, 6) is 0.500. The zero-order valence-electron chi connectivity index (χ0n) is 10.9. The van der Waals surface area contributed by atoms with E-state index in [0.717, 1.165) is 17.0 Å². The SMILES string of the molecule is CC(N)C(Cc1ccc(Cl)cc1)c1ccc(O)cc1.